The third-order valence-electron chi connectivity index (χ3n) is 2.29. The minimum atomic E-state index is -0.0792. The molecule has 5 heteroatoms. The van der Waals surface area contributed by atoms with Gasteiger partial charge in [-0.3, -0.25) is 4.79 Å². The lowest BCUT2D eigenvalue weighted by atomic mass is 10.1. The van der Waals surface area contributed by atoms with Crippen LogP contribution in [0.25, 0.3) is 0 Å². The van der Waals surface area contributed by atoms with Gasteiger partial charge in [0.25, 0.3) is 5.97 Å². The molecule has 0 saturated heterocycles. The van der Waals surface area contributed by atoms with E-state index in [1.54, 1.807) is 0 Å². The van der Waals surface area contributed by atoms with Gasteiger partial charge in [0.05, 0.1) is 12.7 Å². The maximum absolute atomic E-state index is 10.9. The van der Waals surface area contributed by atoms with Crippen LogP contribution in [-0.2, 0) is 18.7 Å². The molecule has 16 heavy (non-hydrogen) atoms. The van der Waals surface area contributed by atoms with Crippen molar-refractivity contribution < 1.29 is 18.7 Å². The zero-order valence-electron chi connectivity index (χ0n) is 10.7. The number of hydrogen-bond acceptors (Lipinski definition) is 4. The summed E-state index contributed by atoms with van der Waals surface area (Å²) < 4.78 is 15.6. The molecule has 0 spiro atoms. The van der Waals surface area contributed by atoms with Gasteiger partial charge in [0.2, 0.25) is 10.5 Å². The van der Waals surface area contributed by atoms with Gasteiger partial charge in [-0.25, -0.2) is 0 Å². The first-order valence-corrected chi connectivity index (χ1v) is 6.82. The molecule has 0 aromatic rings. The fourth-order valence-corrected chi connectivity index (χ4v) is 1.65. The van der Waals surface area contributed by atoms with Crippen LogP contribution >= 0.6 is 0 Å². The van der Waals surface area contributed by atoms with Crippen molar-refractivity contribution in [2.24, 2.45) is 0 Å². The van der Waals surface area contributed by atoms with E-state index in [9.17, 15) is 4.79 Å². The van der Waals surface area contributed by atoms with E-state index in [2.05, 4.69) is 0 Å². The molecule has 0 rings (SSSR count). The average molecular weight is 248 g/mol. The minimum absolute atomic E-state index is 0.0792. The maximum Gasteiger partial charge on any atom is 0.291 e. The summed E-state index contributed by atoms with van der Waals surface area (Å²) in [4.78, 5) is 10.9. The molecule has 0 radical (unpaired) electrons. The quantitative estimate of drug-likeness (QED) is 0.424. The second-order valence-corrected chi connectivity index (χ2v) is 3.97. The van der Waals surface area contributed by atoms with Gasteiger partial charge in [-0.1, -0.05) is 6.42 Å². The van der Waals surface area contributed by atoms with Crippen LogP contribution in [0.1, 0.15) is 39.5 Å². The molecule has 1 atom stereocenters. The van der Waals surface area contributed by atoms with Crippen molar-refractivity contribution in [3.05, 3.63) is 0 Å². The molecule has 0 aliphatic carbocycles. The van der Waals surface area contributed by atoms with Crippen molar-refractivity contribution in [2.45, 2.75) is 45.6 Å². The first-order valence-electron chi connectivity index (χ1n) is 6.00. The molecule has 0 aromatic carbocycles. The molecule has 0 heterocycles. The molecule has 0 N–H and O–H groups in total. The normalized spacial score (nSPS) is 12.6. The van der Waals surface area contributed by atoms with Gasteiger partial charge < -0.3 is 13.9 Å². The Hall–Kier alpha value is -0.393. The number of carbonyl (C=O) groups is 1. The molecular weight excluding hydrogens is 224 g/mol. The summed E-state index contributed by atoms with van der Waals surface area (Å²) in [5.41, 5.74) is 0. The smallest absolute Gasteiger partial charge is 0.291 e. The molecule has 0 aliphatic rings. The van der Waals surface area contributed by atoms with E-state index in [-0.39, 0.29) is 12.1 Å². The van der Waals surface area contributed by atoms with E-state index in [1.807, 2.05) is 13.8 Å². The number of hydrogen-bond donors (Lipinski definition) is 0. The van der Waals surface area contributed by atoms with Gasteiger partial charge in [-0.2, -0.15) is 0 Å². The highest BCUT2D eigenvalue weighted by Crippen LogP contribution is 2.08. The lowest BCUT2D eigenvalue weighted by Crippen LogP contribution is -2.20. The van der Waals surface area contributed by atoms with E-state index >= 15 is 0 Å². The second-order valence-electron chi connectivity index (χ2n) is 3.56. The Balaban J connectivity index is 3.54. The van der Waals surface area contributed by atoms with Crippen LogP contribution in [0.15, 0.2) is 0 Å². The Morgan fingerprint density at radius 1 is 1.25 bits per heavy atom. The molecule has 0 saturated carbocycles. The molecule has 0 aromatic heterocycles. The van der Waals surface area contributed by atoms with Crippen LogP contribution < -0.4 is 0 Å². The van der Waals surface area contributed by atoms with Crippen LogP contribution in [0, 0.1) is 0 Å². The summed E-state index contributed by atoms with van der Waals surface area (Å²) >= 11 is 0. The topological polar surface area (TPSA) is 44.8 Å². The molecule has 0 fully saturated rings. The second kappa shape index (κ2) is 11.1. The number of rotatable bonds is 10. The third kappa shape index (κ3) is 8.88. The highest BCUT2D eigenvalue weighted by molar-refractivity contribution is 6.05. The summed E-state index contributed by atoms with van der Waals surface area (Å²) in [6, 6.07) is 0. The Morgan fingerprint density at radius 3 is 2.56 bits per heavy atom. The van der Waals surface area contributed by atoms with Crippen molar-refractivity contribution >= 4 is 16.5 Å². The molecule has 4 nitrogen and oxygen atoms in total. The Morgan fingerprint density at radius 2 is 2.00 bits per heavy atom. The largest absolute Gasteiger partial charge is 0.529 e. The predicted molar refractivity (Wildman–Crippen MR) is 66.4 cm³/mol. The van der Waals surface area contributed by atoms with Crippen molar-refractivity contribution in [3.63, 3.8) is 0 Å². The minimum Gasteiger partial charge on any atom is -0.529 e. The fourth-order valence-electron chi connectivity index (χ4n) is 1.44. The number of carbonyl (C=O) groups excluding carboxylic acids is 1. The summed E-state index contributed by atoms with van der Waals surface area (Å²) in [6.45, 7) is 6.04. The zero-order chi connectivity index (χ0) is 12.2. The van der Waals surface area contributed by atoms with Gasteiger partial charge in [-0.15, -0.1) is 0 Å². The molecule has 0 bridgehead atoms. The first-order chi connectivity index (χ1) is 7.74. The first kappa shape index (κ1) is 15.6. The SMILES string of the molecule is CCOCC(CCCCC(=O)O[SiH3])OCC. The fraction of sp³-hybridized carbons (Fsp3) is 0.909. The van der Waals surface area contributed by atoms with Crippen molar-refractivity contribution in [2.75, 3.05) is 19.8 Å². The number of ether oxygens (including phenoxy) is 2. The summed E-state index contributed by atoms with van der Waals surface area (Å²) in [5, 5.41) is 0. The lowest BCUT2D eigenvalue weighted by molar-refractivity contribution is -0.134. The summed E-state index contributed by atoms with van der Waals surface area (Å²) in [7, 11) is 0.496. The lowest BCUT2D eigenvalue weighted by Gasteiger charge is -2.16. The number of unbranched alkanes of at least 4 members (excludes halogenated alkanes) is 1. The Kier molecular flexibility index (Phi) is 10.8. The van der Waals surface area contributed by atoms with Crippen molar-refractivity contribution in [3.8, 4) is 0 Å². The van der Waals surface area contributed by atoms with Crippen molar-refractivity contribution in [1.82, 2.24) is 0 Å². The maximum atomic E-state index is 10.9. The molecule has 0 aliphatic heterocycles. The highest BCUT2D eigenvalue weighted by atomic mass is 28.2. The summed E-state index contributed by atoms with van der Waals surface area (Å²) in [5.74, 6) is -0.0792. The molecule has 1 unspecified atom stereocenters. The predicted octanol–water partition coefficient (Wildman–Crippen LogP) is 0.812. The van der Waals surface area contributed by atoms with Crippen LogP contribution in [-0.4, -0.2) is 42.4 Å². The zero-order valence-corrected chi connectivity index (χ0v) is 12.7. The van der Waals surface area contributed by atoms with E-state index in [4.69, 9.17) is 13.9 Å². The van der Waals surface area contributed by atoms with Gasteiger partial charge >= 0.3 is 0 Å². The molecule has 96 valence electrons. The van der Waals surface area contributed by atoms with Crippen LogP contribution in [0.4, 0.5) is 0 Å². The van der Waals surface area contributed by atoms with Crippen LogP contribution in [0.3, 0.4) is 0 Å². The van der Waals surface area contributed by atoms with Gasteiger partial charge in [0.15, 0.2) is 0 Å². The summed E-state index contributed by atoms with van der Waals surface area (Å²) in [6.07, 6.45) is 3.49. The monoisotopic (exact) mass is 248 g/mol. The van der Waals surface area contributed by atoms with E-state index in [0.29, 0.717) is 30.1 Å². The van der Waals surface area contributed by atoms with Crippen LogP contribution in [0.2, 0.25) is 0 Å². The average Bonchev–Trinajstić information content (AvgIpc) is 2.30. The van der Waals surface area contributed by atoms with Gasteiger partial charge in [0, 0.05) is 19.6 Å². The molecular formula is C11H24O4Si. The van der Waals surface area contributed by atoms with Gasteiger partial charge in [0.1, 0.15) is 0 Å². The standard InChI is InChI=1S/C11H24O4Si/c1-3-13-9-10(14-4-2)7-5-6-8-11(12)15-16/h10H,3-9H2,1-2,16H3. The van der Waals surface area contributed by atoms with Crippen molar-refractivity contribution in [1.29, 1.82) is 0 Å². The van der Waals surface area contributed by atoms with E-state index in [1.165, 1.54) is 0 Å². The molecule has 0 amide bonds. The highest BCUT2D eigenvalue weighted by Gasteiger charge is 2.08. The van der Waals surface area contributed by atoms with Crippen LogP contribution in [0.5, 0.6) is 0 Å². The van der Waals surface area contributed by atoms with E-state index < -0.39 is 0 Å². The third-order valence-corrected chi connectivity index (χ3v) is 2.75. The van der Waals surface area contributed by atoms with Gasteiger partial charge in [-0.05, 0) is 26.7 Å². The Labute approximate surface area is 101 Å². The van der Waals surface area contributed by atoms with E-state index in [0.717, 1.165) is 25.9 Å². The Bertz CT molecular complexity index is 175.